The van der Waals surface area contributed by atoms with Gasteiger partial charge in [-0.05, 0) is 92.9 Å². The molecule has 2 aromatic heterocycles. The average Bonchev–Trinajstić information content (AvgIpc) is 3.65. The van der Waals surface area contributed by atoms with Crippen LogP contribution in [0, 0.1) is 11.6 Å². The predicted octanol–water partition coefficient (Wildman–Crippen LogP) is 5.82. The summed E-state index contributed by atoms with van der Waals surface area (Å²) in [4.78, 5) is 31.8. The highest BCUT2D eigenvalue weighted by molar-refractivity contribution is 6.01. The maximum Gasteiger partial charge on any atom is 0.409 e. The molecule has 0 bridgehead atoms. The number of aromatic nitrogens is 3. The van der Waals surface area contributed by atoms with E-state index >= 15 is 8.78 Å². The van der Waals surface area contributed by atoms with Gasteiger partial charge in [0.05, 0.1) is 16.5 Å². The molecule has 3 aliphatic heterocycles. The summed E-state index contributed by atoms with van der Waals surface area (Å²) >= 11 is 0. The fourth-order valence-corrected chi connectivity index (χ4v) is 8.23. The van der Waals surface area contributed by atoms with Gasteiger partial charge in [-0.15, -0.1) is 0 Å². The fourth-order valence-electron chi connectivity index (χ4n) is 8.23. The summed E-state index contributed by atoms with van der Waals surface area (Å²) in [6.07, 6.45) is 6.36. The summed E-state index contributed by atoms with van der Waals surface area (Å²) in [6, 6.07) is 5.90. The largest absolute Gasteiger partial charge is 0.508 e. The average molecular weight is 691 g/mol. The van der Waals surface area contributed by atoms with Crippen LogP contribution < -0.4 is 9.64 Å². The third kappa shape index (κ3) is 6.14. The van der Waals surface area contributed by atoms with Gasteiger partial charge in [0.1, 0.15) is 41.8 Å². The number of hydrogen-bond acceptors (Lipinski definition) is 10. The third-order valence-electron chi connectivity index (χ3n) is 10.6. The van der Waals surface area contributed by atoms with Crippen molar-refractivity contribution in [3.05, 3.63) is 47.7 Å². The number of rotatable bonds is 8. The maximum atomic E-state index is 16.9. The molecule has 3 saturated heterocycles. The molecule has 2 aromatic carbocycles. The first-order chi connectivity index (χ1) is 23.9. The number of aromatic hydroxyl groups is 1. The number of fused-ring (bicyclic) bond motifs is 3. The molecule has 3 atom stereocenters. The summed E-state index contributed by atoms with van der Waals surface area (Å²) in [7, 11) is 3.31. The number of aryl methyl sites for hydroxylation is 1. The number of pyridine rings is 1. The van der Waals surface area contributed by atoms with Gasteiger partial charge in [-0.1, -0.05) is 13.0 Å². The number of amides is 1. The van der Waals surface area contributed by atoms with Crippen LogP contribution in [0.25, 0.3) is 32.9 Å². The molecule has 5 heterocycles. The van der Waals surface area contributed by atoms with Gasteiger partial charge in [-0.3, -0.25) is 9.88 Å². The van der Waals surface area contributed by atoms with Crippen LogP contribution in [0.1, 0.15) is 57.9 Å². The van der Waals surface area contributed by atoms with Gasteiger partial charge in [-0.2, -0.15) is 9.97 Å². The van der Waals surface area contributed by atoms with Crippen LogP contribution in [-0.2, 0) is 11.2 Å². The number of aliphatic hydroxyl groups is 1. The fraction of sp³-hybridized carbons (Fsp3) is 0.514. The number of phenolic OH excluding ortho intramolecular Hbond substituents is 1. The molecule has 0 unspecified atom stereocenters. The van der Waals surface area contributed by atoms with Gasteiger partial charge >= 0.3 is 12.1 Å². The smallest absolute Gasteiger partial charge is 0.409 e. The molecule has 11 nitrogen and oxygen atoms in total. The number of carbonyl (C=O) groups is 1. The van der Waals surface area contributed by atoms with E-state index < -0.39 is 17.2 Å². The molecule has 1 amide bonds. The Morgan fingerprint density at radius 2 is 1.92 bits per heavy atom. The van der Waals surface area contributed by atoms with Crippen LogP contribution in [-0.4, -0.2) is 105 Å². The van der Waals surface area contributed by atoms with Crippen molar-refractivity contribution in [1.29, 1.82) is 0 Å². The van der Waals surface area contributed by atoms with Crippen molar-refractivity contribution in [1.82, 2.24) is 24.8 Å². The number of halogens is 2. The van der Waals surface area contributed by atoms with Crippen LogP contribution in [0.4, 0.5) is 19.4 Å². The molecular weight excluding hydrogens is 646 g/mol. The molecule has 0 aliphatic carbocycles. The molecule has 0 spiro atoms. The molecule has 266 valence electrons. The van der Waals surface area contributed by atoms with Crippen molar-refractivity contribution in [2.45, 2.75) is 76.0 Å². The third-order valence-corrected chi connectivity index (χ3v) is 10.6. The summed E-state index contributed by atoms with van der Waals surface area (Å²) in [5.41, 5.74) is -0.716. The van der Waals surface area contributed by atoms with Gasteiger partial charge < -0.3 is 29.5 Å². The molecule has 2 N–H and O–H groups in total. The van der Waals surface area contributed by atoms with Gasteiger partial charge in [0, 0.05) is 45.0 Å². The molecule has 0 saturated carbocycles. The van der Waals surface area contributed by atoms with Gasteiger partial charge in [0.2, 0.25) is 0 Å². The summed E-state index contributed by atoms with van der Waals surface area (Å²) < 4.78 is 43.9. The molecular formula is C37H44F2N6O5. The Morgan fingerprint density at radius 1 is 1.12 bits per heavy atom. The number of β-amino-alcohol motifs (C(OH)–C–C–N with tert-alkyl or cyclic N) is 1. The lowest BCUT2D eigenvalue weighted by molar-refractivity contribution is 0.0442. The van der Waals surface area contributed by atoms with Crippen LogP contribution >= 0.6 is 0 Å². The topological polar surface area (TPSA) is 124 Å². The zero-order chi connectivity index (χ0) is 35.4. The second kappa shape index (κ2) is 13.1. The standard InChI is InChI=1S/C37H44F2N6O5/c1-5-25-28(38)9-8-22-16-24(46)17-26(29(22)25)31-30(39)32-27(18-40-31)33(44-14-6-11-36(2,48)20-44)42-34(41-32)50-21-37-12-7-15-45(37)23(10-13-37)19-49-35(47)43(3)4/h8-9,16-18,23,46,48H,5-7,10-15,19-21H2,1-4H3/t23-,36-,37-/m1/s1. The SMILES string of the molecule is CCc1c(F)ccc2cc(O)cc(-c3ncc4c(N5CCC[C@@](C)(O)C5)nc(OC[C@]56CCCN5[C@@H](COC(=O)N(C)C)CC6)nc4c3F)c12. The second-order valence-electron chi connectivity index (χ2n) is 14.5. The number of ether oxygens (including phenoxy) is 2. The molecule has 3 fully saturated rings. The highest BCUT2D eigenvalue weighted by Gasteiger charge is 2.50. The zero-order valence-corrected chi connectivity index (χ0v) is 29.0. The number of benzene rings is 2. The first kappa shape index (κ1) is 34.1. The van der Waals surface area contributed by atoms with Gasteiger partial charge in [0.25, 0.3) is 0 Å². The summed E-state index contributed by atoms with van der Waals surface area (Å²) in [5, 5.41) is 23.0. The Balaban J connectivity index is 1.29. The van der Waals surface area contributed by atoms with Crippen molar-refractivity contribution in [2.24, 2.45) is 0 Å². The molecule has 13 heteroatoms. The lowest BCUT2D eigenvalue weighted by atomic mass is 9.94. The normalized spacial score (nSPS) is 23.8. The van der Waals surface area contributed by atoms with E-state index in [1.165, 1.54) is 29.3 Å². The van der Waals surface area contributed by atoms with E-state index in [1.54, 1.807) is 27.1 Å². The van der Waals surface area contributed by atoms with Crippen molar-refractivity contribution in [2.75, 3.05) is 51.8 Å². The van der Waals surface area contributed by atoms with Crippen molar-refractivity contribution in [3.8, 4) is 23.0 Å². The summed E-state index contributed by atoms with van der Waals surface area (Å²) in [5.74, 6) is -0.861. The van der Waals surface area contributed by atoms with E-state index in [0.29, 0.717) is 60.0 Å². The van der Waals surface area contributed by atoms with Gasteiger partial charge in [0.15, 0.2) is 5.82 Å². The van der Waals surface area contributed by atoms with E-state index in [2.05, 4.69) is 14.9 Å². The summed E-state index contributed by atoms with van der Waals surface area (Å²) in [6.45, 7) is 5.87. The maximum absolute atomic E-state index is 16.9. The number of piperidine rings is 1. The first-order valence-corrected chi connectivity index (χ1v) is 17.4. The van der Waals surface area contributed by atoms with Gasteiger partial charge in [-0.25, -0.2) is 13.6 Å². The van der Waals surface area contributed by atoms with E-state index in [0.717, 1.165) is 32.2 Å². The Morgan fingerprint density at radius 3 is 2.68 bits per heavy atom. The minimum atomic E-state index is -0.970. The Hall–Kier alpha value is -4.36. The minimum absolute atomic E-state index is 0.00136. The van der Waals surface area contributed by atoms with E-state index in [-0.39, 0.29) is 59.4 Å². The molecule has 0 radical (unpaired) electrons. The molecule has 7 rings (SSSR count). The number of carbonyl (C=O) groups excluding carboxylic acids is 1. The lowest BCUT2D eigenvalue weighted by Crippen LogP contribution is -2.48. The van der Waals surface area contributed by atoms with Crippen LogP contribution in [0.15, 0.2) is 30.5 Å². The molecule has 50 heavy (non-hydrogen) atoms. The molecule has 3 aliphatic rings. The quantitative estimate of drug-likeness (QED) is 0.234. The van der Waals surface area contributed by atoms with Crippen molar-refractivity contribution in [3.63, 3.8) is 0 Å². The van der Waals surface area contributed by atoms with Crippen LogP contribution in [0.3, 0.4) is 0 Å². The highest BCUT2D eigenvalue weighted by Crippen LogP contribution is 2.44. The molecule has 4 aromatic rings. The second-order valence-corrected chi connectivity index (χ2v) is 14.5. The first-order valence-electron chi connectivity index (χ1n) is 17.4. The number of anilines is 1. The van der Waals surface area contributed by atoms with E-state index in [1.807, 2.05) is 11.8 Å². The van der Waals surface area contributed by atoms with Crippen molar-refractivity contribution < 1.29 is 33.3 Å². The van der Waals surface area contributed by atoms with Crippen LogP contribution in [0.5, 0.6) is 11.8 Å². The van der Waals surface area contributed by atoms with E-state index in [4.69, 9.17) is 14.5 Å². The van der Waals surface area contributed by atoms with Crippen molar-refractivity contribution >= 4 is 33.6 Å². The predicted molar refractivity (Wildman–Crippen MR) is 186 cm³/mol. The Kier molecular flexibility index (Phi) is 8.92. The van der Waals surface area contributed by atoms with E-state index in [9.17, 15) is 15.0 Å². The minimum Gasteiger partial charge on any atom is -0.508 e. The number of phenols is 1. The Bertz CT molecular complexity index is 1960. The van der Waals surface area contributed by atoms with Crippen LogP contribution in [0.2, 0.25) is 0 Å². The number of nitrogens with zero attached hydrogens (tertiary/aromatic N) is 6. The lowest BCUT2D eigenvalue weighted by Gasteiger charge is -2.38. The highest BCUT2D eigenvalue weighted by atomic mass is 19.1. The Labute approximate surface area is 289 Å². The zero-order valence-electron chi connectivity index (χ0n) is 29.0. The number of hydrogen-bond donors (Lipinski definition) is 2. The monoisotopic (exact) mass is 690 g/mol.